The third-order valence-electron chi connectivity index (χ3n) is 1.52. The van der Waals surface area contributed by atoms with Crippen molar-refractivity contribution in [3.63, 3.8) is 0 Å². The van der Waals surface area contributed by atoms with Gasteiger partial charge in [-0.2, -0.15) is 0 Å². The van der Waals surface area contributed by atoms with Crippen LogP contribution in [0.4, 0.5) is 0 Å². The number of methoxy groups -OCH3 is 1. The van der Waals surface area contributed by atoms with E-state index in [0.717, 1.165) is 24.3 Å². The molecule has 1 N–H and O–H groups in total. The highest BCUT2D eigenvalue weighted by Crippen LogP contribution is 2.14. The number of ether oxygens (including phenoxy) is 1. The van der Waals surface area contributed by atoms with Crippen molar-refractivity contribution in [2.24, 2.45) is 0 Å². The van der Waals surface area contributed by atoms with Crippen LogP contribution in [0.5, 0.6) is 0 Å². The molecule has 0 saturated carbocycles. The Morgan fingerprint density at radius 3 is 2.42 bits per heavy atom. The maximum atomic E-state index is 10.9. The number of allylic oxidation sites excluding steroid dienone is 2. The van der Waals surface area contributed by atoms with Crippen LogP contribution in [0.3, 0.4) is 0 Å². The molecule has 0 atom stereocenters. The van der Waals surface area contributed by atoms with Gasteiger partial charge in [-0.3, -0.25) is 4.79 Å². The van der Waals surface area contributed by atoms with Crippen molar-refractivity contribution in [3.05, 3.63) is 24.3 Å². The first-order valence-electron chi connectivity index (χ1n) is 3.32. The highest BCUT2D eigenvalue weighted by Gasteiger charge is 2.33. The van der Waals surface area contributed by atoms with Crippen LogP contribution in [0.1, 0.15) is 0 Å². The van der Waals surface area contributed by atoms with E-state index in [9.17, 15) is 14.7 Å². The number of esters is 1. The topological polar surface area (TPSA) is 63.6 Å². The van der Waals surface area contributed by atoms with Gasteiger partial charge in [0.1, 0.15) is 0 Å². The SMILES string of the molecule is COC(=O)C1(O)C=CC(=O)C=C1. The van der Waals surface area contributed by atoms with Gasteiger partial charge in [0.15, 0.2) is 11.4 Å². The summed E-state index contributed by atoms with van der Waals surface area (Å²) in [5.41, 5.74) is -1.78. The summed E-state index contributed by atoms with van der Waals surface area (Å²) in [6.45, 7) is 0. The lowest BCUT2D eigenvalue weighted by Crippen LogP contribution is -2.36. The van der Waals surface area contributed by atoms with Gasteiger partial charge in [-0.15, -0.1) is 0 Å². The molecule has 4 heteroatoms. The smallest absolute Gasteiger partial charge is 0.346 e. The fourth-order valence-electron chi connectivity index (χ4n) is 0.829. The lowest BCUT2D eigenvalue weighted by atomic mass is 9.98. The van der Waals surface area contributed by atoms with E-state index in [2.05, 4.69) is 4.74 Å². The summed E-state index contributed by atoms with van der Waals surface area (Å²) in [5.74, 6) is -1.06. The molecule has 0 aromatic rings. The Kier molecular flexibility index (Phi) is 2.10. The van der Waals surface area contributed by atoms with E-state index < -0.39 is 11.6 Å². The van der Waals surface area contributed by atoms with Gasteiger partial charge in [0.2, 0.25) is 0 Å². The van der Waals surface area contributed by atoms with Crippen molar-refractivity contribution in [1.29, 1.82) is 0 Å². The monoisotopic (exact) mass is 168 g/mol. The fourth-order valence-corrected chi connectivity index (χ4v) is 0.829. The molecule has 0 fully saturated rings. The van der Waals surface area contributed by atoms with Gasteiger partial charge in [0.25, 0.3) is 0 Å². The van der Waals surface area contributed by atoms with Crippen molar-refractivity contribution in [1.82, 2.24) is 0 Å². The summed E-state index contributed by atoms with van der Waals surface area (Å²) in [4.78, 5) is 21.5. The highest BCUT2D eigenvalue weighted by atomic mass is 16.5. The predicted octanol–water partition coefficient (Wildman–Crippen LogP) is -0.414. The molecule has 1 aliphatic carbocycles. The van der Waals surface area contributed by atoms with E-state index in [1.165, 1.54) is 7.11 Å². The molecule has 4 nitrogen and oxygen atoms in total. The summed E-state index contributed by atoms with van der Waals surface area (Å²) >= 11 is 0. The Labute approximate surface area is 69.1 Å². The molecule has 0 spiro atoms. The molecular weight excluding hydrogens is 160 g/mol. The van der Waals surface area contributed by atoms with Crippen molar-refractivity contribution in [3.8, 4) is 0 Å². The number of hydrogen-bond donors (Lipinski definition) is 1. The number of aliphatic hydroxyl groups is 1. The quantitative estimate of drug-likeness (QED) is 0.540. The van der Waals surface area contributed by atoms with Crippen molar-refractivity contribution >= 4 is 11.8 Å². The predicted molar refractivity (Wildman–Crippen MR) is 40.3 cm³/mol. The van der Waals surface area contributed by atoms with Crippen LogP contribution in [-0.4, -0.2) is 29.6 Å². The van der Waals surface area contributed by atoms with Gasteiger partial charge in [-0.05, 0) is 24.3 Å². The molecule has 0 saturated heterocycles. The molecular formula is C8H8O4. The molecule has 0 amide bonds. The average Bonchev–Trinajstić information content (AvgIpc) is 2.09. The zero-order chi connectivity index (χ0) is 9.19. The van der Waals surface area contributed by atoms with Crippen LogP contribution in [-0.2, 0) is 14.3 Å². The minimum absolute atomic E-state index is 0.261. The maximum absolute atomic E-state index is 10.9. The minimum Gasteiger partial charge on any atom is -0.466 e. The summed E-state index contributed by atoms with van der Waals surface area (Å²) in [6, 6.07) is 0. The Bertz CT molecular complexity index is 259. The second-order valence-corrected chi connectivity index (χ2v) is 2.39. The highest BCUT2D eigenvalue weighted by molar-refractivity contribution is 6.03. The summed E-state index contributed by atoms with van der Waals surface area (Å²) in [7, 11) is 1.17. The number of ketones is 1. The first-order valence-corrected chi connectivity index (χ1v) is 3.32. The average molecular weight is 168 g/mol. The van der Waals surface area contributed by atoms with Gasteiger partial charge in [0.05, 0.1) is 7.11 Å². The van der Waals surface area contributed by atoms with E-state index in [-0.39, 0.29) is 5.78 Å². The van der Waals surface area contributed by atoms with Crippen molar-refractivity contribution < 1.29 is 19.4 Å². The third kappa shape index (κ3) is 1.43. The Morgan fingerprint density at radius 2 is 2.00 bits per heavy atom. The van der Waals surface area contributed by atoms with Crippen LogP contribution in [0, 0.1) is 0 Å². The van der Waals surface area contributed by atoms with Gasteiger partial charge in [-0.1, -0.05) is 0 Å². The minimum atomic E-state index is -1.78. The molecule has 64 valence electrons. The van der Waals surface area contributed by atoms with Crippen LogP contribution >= 0.6 is 0 Å². The number of carbonyl (C=O) groups is 2. The van der Waals surface area contributed by atoms with Gasteiger partial charge in [0, 0.05) is 0 Å². The van der Waals surface area contributed by atoms with E-state index >= 15 is 0 Å². The summed E-state index contributed by atoms with van der Waals surface area (Å²) in [5, 5.41) is 9.46. The Balaban J connectivity index is 2.88. The molecule has 0 heterocycles. The molecule has 0 aromatic carbocycles. The third-order valence-corrected chi connectivity index (χ3v) is 1.52. The van der Waals surface area contributed by atoms with Gasteiger partial charge < -0.3 is 9.84 Å². The van der Waals surface area contributed by atoms with Crippen LogP contribution < -0.4 is 0 Å². The molecule has 12 heavy (non-hydrogen) atoms. The number of rotatable bonds is 1. The van der Waals surface area contributed by atoms with Gasteiger partial charge in [-0.25, -0.2) is 4.79 Å². The van der Waals surface area contributed by atoms with E-state index in [0.29, 0.717) is 0 Å². The largest absolute Gasteiger partial charge is 0.466 e. The zero-order valence-electron chi connectivity index (χ0n) is 6.48. The fraction of sp³-hybridized carbons (Fsp3) is 0.250. The Hall–Kier alpha value is -1.42. The molecule has 1 aliphatic rings. The van der Waals surface area contributed by atoms with Crippen molar-refractivity contribution in [2.45, 2.75) is 5.60 Å². The van der Waals surface area contributed by atoms with E-state index in [1.807, 2.05) is 0 Å². The Morgan fingerprint density at radius 1 is 1.50 bits per heavy atom. The van der Waals surface area contributed by atoms with Crippen molar-refractivity contribution in [2.75, 3.05) is 7.11 Å². The molecule has 0 bridgehead atoms. The van der Waals surface area contributed by atoms with Crippen LogP contribution in [0.2, 0.25) is 0 Å². The normalized spacial score (nSPS) is 19.3. The molecule has 0 unspecified atom stereocenters. The number of hydrogen-bond acceptors (Lipinski definition) is 4. The molecule has 1 rings (SSSR count). The zero-order valence-corrected chi connectivity index (χ0v) is 6.48. The van der Waals surface area contributed by atoms with Gasteiger partial charge >= 0.3 is 5.97 Å². The van der Waals surface area contributed by atoms with E-state index in [4.69, 9.17) is 0 Å². The van der Waals surface area contributed by atoms with Crippen LogP contribution in [0.25, 0.3) is 0 Å². The summed E-state index contributed by atoms with van der Waals surface area (Å²) < 4.78 is 4.33. The summed E-state index contributed by atoms with van der Waals surface area (Å²) in [6.07, 6.45) is 4.44. The molecule has 0 radical (unpaired) electrons. The first-order chi connectivity index (χ1) is 5.58. The second-order valence-electron chi connectivity index (χ2n) is 2.39. The lowest BCUT2D eigenvalue weighted by molar-refractivity contribution is -0.153. The standard InChI is InChI=1S/C8H8O4/c1-12-7(10)8(11)4-2-6(9)3-5-8/h2-5,11H,1H3. The molecule has 0 aliphatic heterocycles. The maximum Gasteiger partial charge on any atom is 0.346 e. The first kappa shape index (κ1) is 8.67. The number of carbonyl (C=O) groups excluding carboxylic acids is 2. The molecule has 0 aromatic heterocycles. The second kappa shape index (κ2) is 2.91. The van der Waals surface area contributed by atoms with E-state index in [1.54, 1.807) is 0 Å². The van der Waals surface area contributed by atoms with Crippen LogP contribution in [0.15, 0.2) is 24.3 Å². The lowest BCUT2D eigenvalue weighted by Gasteiger charge is -2.18.